The molecule has 21 heavy (non-hydrogen) atoms. The summed E-state index contributed by atoms with van der Waals surface area (Å²) < 4.78 is 11.9. The first-order valence-electron chi connectivity index (χ1n) is 7.05. The minimum absolute atomic E-state index is 0.0997. The van der Waals surface area contributed by atoms with Crippen molar-refractivity contribution in [2.24, 2.45) is 11.5 Å². The first-order valence-corrected chi connectivity index (χ1v) is 7.85. The molecule has 0 aliphatic carbocycles. The molecule has 1 aromatic rings. The third-order valence-corrected chi connectivity index (χ3v) is 3.68. The van der Waals surface area contributed by atoms with Gasteiger partial charge in [-0.2, -0.15) is 0 Å². The highest BCUT2D eigenvalue weighted by Crippen LogP contribution is 2.38. The van der Waals surface area contributed by atoms with Crippen molar-refractivity contribution in [1.82, 2.24) is 0 Å². The molecule has 4 N–H and O–H groups in total. The van der Waals surface area contributed by atoms with E-state index in [1.54, 1.807) is 6.92 Å². The smallest absolute Gasteiger partial charge is 0.258 e. The molecule has 1 amide bonds. The van der Waals surface area contributed by atoms with Crippen LogP contribution < -0.4 is 20.9 Å². The van der Waals surface area contributed by atoms with Crippen LogP contribution in [0.2, 0.25) is 0 Å². The number of carbonyl (C=O) groups excluding carboxylic acids is 1. The van der Waals surface area contributed by atoms with Gasteiger partial charge in [-0.3, -0.25) is 4.79 Å². The van der Waals surface area contributed by atoms with Gasteiger partial charge in [0.2, 0.25) is 0 Å². The summed E-state index contributed by atoms with van der Waals surface area (Å²) in [6, 6.07) is 3.93. The molecule has 5 nitrogen and oxygen atoms in total. The Morgan fingerprint density at radius 2 is 2.05 bits per heavy atom. The number of rotatable bonds is 8. The average Bonchev–Trinajstić information content (AvgIpc) is 2.42. The largest absolute Gasteiger partial charge is 0.490 e. The van der Waals surface area contributed by atoms with Gasteiger partial charge in [-0.05, 0) is 60.3 Å². The maximum atomic E-state index is 11.2. The number of benzene rings is 1. The number of nitrogens with two attached hydrogens (primary N) is 2. The second-order valence-corrected chi connectivity index (χ2v) is 5.73. The molecule has 0 bridgehead atoms. The first-order chi connectivity index (χ1) is 9.88. The summed E-state index contributed by atoms with van der Waals surface area (Å²) in [4.78, 5) is 11.2. The summed E-state index contributed by atoms with van der Waals surface area (Å²) in [6.45, 7) is 6.04. The van der Waals surface area contributed by atoms with E-state index < -0.39 is 12.0 Å². The molecule has 2 atom stereocenters. The number of hydrogen-bond acceptors (Lipinski definition) is 4. The van der Waals surface area contributed by atoms with E-state index in [1.165, 1.54) is 0 Å². The normalized spacial score (nSPS) is 13.6. The molecule has 0 spiro atoms. The maximum absolute atomic E-state index is 11.2. The fourth-order valence-corrected chi connectivity index (χ4v) is 2.38. The summed E-state index contributed by atoms with van der Waals surface area (Å²) in [5.74, 6) is 0.539. The Bertz CT molecular complexity index is 494. The fourth-order valence-electron chi connectivity index (χ4n) is 1.80. The lowest BCUT2D eigenvalue weighted by atomic mass is 10.0. The first kappa shape index (κ1) is 17.8. The van der Waals surface area contributed by atoms with Crippen molar-refractivity contribution >= 4 is 21.8 Å². The molecule has 0 saturated carbocycles. The Labute approximate surface area is 134 Å². The molecule has 0 aliphatic heterocycles. The lowest BCUT2D eigenvalue weighted by Gasteiger charge is -2.18. The Kier molecular flexibility index (Phi) is 6.98. The van der Waals surface area contributed by atoms with Crippen LogP contribution in [0.4, 0.5) is 0 Å². The average molecular weight is 359 g/mol. The van der Waals surface area contributed by atoms with Crippen LogP contribution in [0.1, 0.15) is 32.8 Å². The number of halogens is 1. The summed E-state index contributed by atoms with van der Waals surface area (Å²) in [5.41, 5.74) is 12.3. The van der Waals surface area contributed by atoms with Crippen molar-refractivity contribution in [3.05, 3.63) is 22.2 Å². The zero-order valence-electron chi connectivity index (χ0n) is 12.7. The van der Waals surface area contributed by atoms with E-state index in [0.717, 1.165) is 22.9 Å². The fraction of sp³-hybridized carbons (Fsp3) is 0.533. The van der Waals surface area contributed by atoms with Crippen LogP contribution in [-0.2, 0) is 11.2 Å². The zero-order chi connectivity index (χ0) is 16.0. The van der Waals surface area contributed by atoms with Gasteiger partial charge in [0.15, 0.2) is 17.6 Å². The lowest BCUT2D eigenvalue weighted by Crippen LogP contribution is -2.31. The minimum Gasteiger partial charge on any atom is -0.490 e. The molecule has 6 heteroatoms. The molecule has 118 valence electrons. The van der Waals surface area contributed by atoms with Gasteiger partial charge in [-0.1, -0.05) is 6.92 Å². The molecule has 0 heterocycles. The topological polar surface area (TPSA) is 87.6 Å². The highest BCUT2D eigenvalue weighted by molar-refractivity contribution is 9.10. The van der Waals surface area contributed by atoms with E-state index in [-0.39, 0.29) is 6.04 Å². The molecular weight excluding hydrogens is 336 g/mol. The van der Waals surface area contributed by atoms with Crippen molar-refractivity contribution < 1.29 is 14.3 Å². The summed E-state index contributed by atoms with van der Waals surface area (Å²) in [6.07, 6.45) is 0.920. The van der Waals surface area contributed by atoms with Gasteiger partial charge < -0.3 is 20.9 Å². The standard InChI is InChI=1S/C15H23BrN2O3/c1-4-11(17)6-10-7-12(16)14(13(8-10)20-5-2)21-9(3)15(18)19/h7-9,11H,4-6,17H2,1-3H3,(H2,18,19). The van der Waals surface area contributed by atoms with Gasteiger partial charge in [0.1, 0.15) is 0 Å². The van der Waals surface area contributed by atoms with Crippen molar-refractivity contribution in [2.45, 2.75) is 45.8 Å². The molecule has 0 radical (unpaired) electrons. The molecule has 1 rings (SSSR count). The van der Waals surface area contributed by atoms with E-state index >= 15 is 0 Å². The zero-order valence-corrected chi connectivity index (χ0v) is 14.3. The third-order valence-electron chi connectivity index (χ3n) is 3.09. The van der Waals surface area contributed by atoms with Gasteiger partial charge >= 0.3 is 0 Å². The number of carbonyl (C=O) groups is 1. The second kappa shape index (κ2) is 8.24. The van der Waals surface area contributed by atoms with Gasteiger partial charge in [0, 0.05) is 6.04 Å². The molecule has 2 unspecified atom stereocenters. The molecular formula is C15H23BrN2O3. The predicted octanol–water partition coefficient (Wildman–Crippen LogP) is 2.38. The Hall–Kier alpha value is -1.27. The second-order valence-electron chi connectivity index (χ2n) is 4.87. The molecule has 0 fully saturated rings. The van der Waals surface area contributed by atoms with Crippen LogP contribution in [0.3, 0.4) is 0 Å². The van der Waals surface area contributed by atoms with Crippen molar-refractivity contribution in [2.75, 3.05) is 6.61 Å². The lowest BCUT2D eigenvalue weighted by molar-refractivity contribution is -0.124. The summed E-state index contributed by atoms with van der Waals surface area (Å²) in [5, 5.41) is 0. The highest BCUT2D eigenvalue weighted by atomic mass is 79.9. The van der Waals surface area contributed by atoms with E-state index in [2.05, 4.69) is 22.9 Å². The van der Waals surface area contributed by atoms with Crippen LogP contribution in [0, 0.1) is 0 Å². The highest BCUT2D eigenvalue weighted by Gasteiger charge is 2.18. The quantitative estimate of drug-likeness (QED) is 0.746. The van der Waals surface area contributed by atoms with Gasteiger partial charge in [-0.25, -0.2) is 0 Å². The van der Waals surface area contributed by atoms with E-state index in [0.29, 0.717) is 18.1 Å². The van der Waals surface area contributed by atoms with Crippen LogP contribution >= 0.6 is 15.9 Å². The molecule has 0 aliphatic rings. The molecule has 0 saturated heterocycles. The number of primary amides is 1. The van der Waals surface area contributed by atoms with Crippen LogP contribution in [-0.4, -0.2) is 24.7 Å². The monoisotopic (exact) mass is 358 g/mol. The number of amides is 1. The van der Waals surface area contributed by atoms with Crippen LogP contribution in [0.15, 0.2) is 16.6 Å². The van der Waals surface area contributed by atoms with Gasteiger partial charge in [0.25, 0.3) is 5.91 Å². The predicted molar refractivity (Wildman–Crippen MR) is 86.6 cm³/mol. The maximum Gasteiger partial charge on any atom is 0.258 e. The van der Waals surface area contributed by atoms with Crippen LogP contribution in [0.5, 0.6) is 11.5 Å². The van der Waals surface area contributed by atoms with Gasteiger partial charge in [-0.15, -0.1) is 0 Å². The number of ether oxygens (including phenoxy) is 2. The number of hydrogen-bond donors (Lipinski definition) is 2. The Morgan fingerprint density at radius 3 is 2.57 bits per heavy atom. The van der Waals surface area contributed by atoms with Crippen molar-refractivity contribution in [3.63, 3.8) is 0 Å². The van der Waals surface area contributed by atoms with Crippen LogP contribution in [0.25, 0.3) is 0 Å². The summed E-state index contributed by atoms with van der Waals surface area (Å²) >= 11 is 3.46. The minimum atomic E-state index is -0.732. The van der Waals surface area contributed by atoms with Crippen molar-refractivity contribution in [1.29, 1.82) is 0 Å². The van der Waals surface area contributed by atoms with E-state index in [4.69, 9.17) is 20.9 Å². The molecule has 0 aromatic heterocycles. The summed E-state index contributed by atoms with van der Waals surface area (Å²) in [7, 11) is 0. The molecule has 1 aromatic carbocycles. The van der Waals surface area contributed by atoms with Crippen molar-refractivity contribution in [3.8, 4) is 11.5 Å². The van der Waals surface area contributed by atoms with E-state index in [9.17, 15) is 4.79 Å². The Morgan fingerprint density at radius 1 is 1.38 bits per heavy atom. The Balaban J connectivity index is 3.09. The van der Waals surface area contributed by atoms with Gasteiger partial charge in [0.05, 0.1) is 11.1 Å². The van der Waals surface area contributed by atoms with E-state index in [1.807, 2.05) is 19.1 Å². The SMILES string of the molecule is CCOc1cc(CC(N)CC)cc(Br)c1OC(C)C(N)=O. The third kappa shape index (κ3) is 5.21.